The maximum atomic E-state index is 12.6. The second kappa shape index (κ2) is 11.5. The van der Waals surface area contributed by atoms with Crippen LogP contribution in [-0.4, -0.2) is 83.6 Å². The van der Waals surface area contributed by atoms with E-state index in [1.54, 1.807) is 13.8 Å². The van der Waals surface area contributed by atoms with Gasteiger partial charge in [-0.3, -0.25) is 4.57 Å². The third kappa shape index (κ3) is 8.03. The first kappa shape index (κ1) is 26.6. The van der Waals surface area contributed by atoms with Crippen molar-refractivity contribution < 1.29 is 37.5 Å². The normalized spacial score (nSPS) is 35.4. The van der Waals surface area contributed by atoms with Crippen LogP contribution in [0, 0.1) is 0 Å². The summed E-state index contributed by atoms with van der Waals surface area (Å²) < 4.78 is 45.5. The van der Waals surface area contributed by atoms with E-state index in [1.165, 1.54) is 0 Å². The van der Waals surface area contributed by atoms with Crippen molar-refractivity contribution in [3.8, 4) is 0 Å². The van der Waals surface area contributed by atoms with Gasteiger partial charge in [-0.15, -0.1) is 0 Å². The van der Waals surface area contributed by atoms with Gasteiger partial charge in [-0.1, -0.05) is 5.11 Å². The number of hydrogen-bond donors (Lipinski definition) is 0. The standard InChI is InChI=1S/C17H30B2N3O8P/c1-10(2)25-9-17(8-21-22-20)14(6-16(19)29-17)30-31(23,24)26-7-13-12(27-11(3)4)5-15(18)28-13/h10-16H,5-9H2,1-4H3,(H,23,24)/p-1/t12-,13-,14-,15-,16-,17-/m1/s1. The van der Waals surface area contributed by atoms with E-state index < -0.39 is 43.7 Å². The fourth-order valence-corrected chi connectivity index (χ4v) is 4.48. The lowest BCUT2D eigenvalue weighted by Crippen LogP contribution is -2.49. The van der Waals surface area contributed by atoms with E-state index in [0.29, 0.717) is 6.42 Å². The van der Waals surface area contributed by atoms with Crippen LogP contribution in [0.3, 0.4) is 0 Å². The Morgan fingerprint density at radius 1 is 1.26 bits per heavy atom. The van der Waals surface area contributed by atoms with Crippen molar-refractivity contribution in [2.45, 2.75) is 88.7 Å². The molecule has 0 bridgehead atoms. The van der Waals surface area contributed by atoms with E-state index in [9.17, 15) is 9.46 Å². The molecule has 0 aromatic rings. The van der Waals surface area contributed by atoms with Gasteiger partial charge in [-0.25, -0.2) is 0 Å². The summed E-state index contributed by atoms with van der Waals surface area (Å²) in [6, 6.07) is -1.40. The van der Waals surface area contributed by atoms with Crippen molar-refractivity contribution in [3.63, 3.8) is 0 Å². The van der Waals surface area contributed by atoms with Crippen molar-refractivity contribution in [1.82, 2.24) is 0 Å². The summed E-state index contributed by atoms with van der Waals surface area (Å²) in [5.74, 6) is 0. The van der Waals surface area contributed by atoms with Crippen LogP contribution in [0.5, 0.6) is 0 Å². The third-order valence-electron chi connectivity index (χ3n) is 4.81. The average molecular weight is 456 g/mol. The van der Waals surface area contributed by atoms with E-state index in [0.717, 1.165) is 0 Å². The van der Waals surface area contributed by atoms with Crippen LogP contribution in [0.25, 0.3) is 10.4 Å². The fraction of sp³-hybridized carbons (Fsp3) is 1.00. The number of nitrogens with zero attached hydrogens (tertiary/aromatic N) is 3. The van der Waals surface area contributed by atoms with Gasteiger partial charge in [0.1, 0.15) is 27.4 Å². The Kier molecular flexibility index (Phi) is 9.88. The predicted octanol–water partition coefficient (Wildman–Crippen LogP) is 1.32. The Hall–Kier alpha value is -0.610. The lowest BCUT2D eigenvalue weighted by Gasteiger charge is -2.37. The molecular formula is C17H29B2N3O8P-. The summed E-state index contributed by atoms with van der Waals surface area (Å²) in [7, 11) is 6.86. The molecule has 0 N–H and O–H groups in total. The van der Waals surface area contributed by atoms with E-state index in [4.69, 9.17) is 49.2 Å². The van der Waals surface area contributed by atoms with Gasteiger partial charge in [-0.05, 0) is 46.1 Å². The molecule has 14 heteroatoms. The van der Waals surface area contributed by atoms with Crippen LogP contribution in [0.2, 0.25) is 0 Å². The fourth-order valence-electron chi connectivity index (χ4n) is 3.50. The Morgan fingerprint density at radius 2 is 1.97 bits per heavy atom. The molecule has 0 aliphatic carbocycles. The SMILES string of the molecule is [B][C@H]1C[C@@H](OC(C)C)[C@@H](COP(=O)([O-])O[C@@H]2C[C@H]([B])O[C@]2(CN=[N+]=[N-])COC(C)C)O1. The minimum Gasteiger partial charge on any atom is -0.756 e. The Balaban J connectivity index is 2.06. The number of phosphoric acid groups is 1. The highest BCUT2D eigenvalue weighted by molar-refractivity contribution is 7.45. The molecular weight excluding hydrogens is 427 g/mol. The van der Waals surface area contributed by atoms with Crippen LogP contribution in [0.1, 0.15) is 40.5 Å². The van der Waals surface area contributed by atoms with Crippen LogP contribution in [0.4, 0.5) is 0 Å². The summed E-state index contributed by atoms with van der Waals surface area (Å²) in [5, 5.41) is 3.53. The molecule has 2 aliphatic rings. The zero-order chi connectivity index (χ0) is 23.2. The molecule has 11 nitrogen and oxygen atoms in total. The number of phosphoric ester groups is 1. The number of azide groups is 1. The molecule has 2 fully saturated rings. The molecule has 0 saturated carbocycles. The second-order valence-electron chi connectivity index (χ2n) is 8.21. The zero-order valence-corrected chi connectivity index (χ0v) is 19.2. The lowest BCUT2D eigenvalue weighted by atomic mass is 9.92. The van der Waals surface area contributed by atoms with Gasteiger partial charge in [0.25, 0.3) is 7.82 Å². The highest BCUT2D eigenvalue weighted by atomic mass is 31.2. The monoisotopic (exact) mass is 456 g/mol. The molecule has 2 heterocycles. The van der Waals surface area contributed by atoms with E-state index >= 15 is 0 Å². The molecule has 7 atom stereocenters. The molecule has 2 rings (SSSR count). The van der Waals surface area contributed by atoms with Crippen molar-refractivity contribution >= 4 is 23.5 Å². The quantitative estimate of drug-likeness (QED) is 0.141. The molecule has 31 heavy (non-hydrogen) atoms. The average Bonchev–Trinajstić information content (AvgIpc) is 3.15. The van der Waals surface area contributed by atoms with Crippen LogP contribution < -0.4 is 4.89 Å². The van der Waals surface area contributed by atoms with E-state index in [2.05, 4.69) is 10.0 Å². The zero-order valence-electron chi connectivity index (χ0n) is 18.3. The van der Waals surface area contributed by atoms with E-state index in [1.807, 2.05) is 13.8 Å². The maximum Gasteiger partial charge on any atom is 0.268 e. The molecule has 0 aromatic carbocycles. The van der Waals surface area contributed by atoms with Gasteiger partial charge >= 0.3 is 0 Å². The lowest BCUT2D eigenvalue weighted by molar-refractivity contribution is -0.238. The summed E-state index contributed by atoms with van der Waals surface area (Å²) in [5.41, 5.74) is 7.36. The maximum absolute atomic E-state index is 12.6. The van der Waals surface area contributed by atoms with Crippen molar-refractivity contribution in [3.05, 3.63) is 10.4 Å². The molecule has 2 saturated heterocycles. The highest BCUT2D eigenvalue weighted by Gasteiger charge is 2.49. The summed E-state index contributed by atoms with van der Waals surface area (Å²) in [4.78, 5) is 15.3. The predicted molar refractivity (Wildman–Crippen MR) is 111 cm³/mol. The number of ether oxygens (including phenoxy) is 4. The minimum absolute atomic E-state index is 0.0435. The molecule has 0 aromatic heterocycles. The summed E-state index contributed by atoms with van der Waals surface area (Å²) >= 11 is 0. The van der Waals surface area contributed by atoms with Gasteiger partial charge in [0.05, 0.1) is 44.2 Å². The highest BCUT2D eigenvalue weighted by Crippen LogP contribution is 2.47. The molecule has 0 amide bonds. The molecule has 2 aliphatic heterocycles. The first-order valence-corrected chi connectivity index (χ1v) is 11.7. The smallest absolute Gasteiger partial charge is 0.268 e. The Labute approximate surface area is 185 Å². The third-order valence-corrected chi connectivity index (χ3v) is 5.79. The van der Waals surface area contributed by atoms with Gasteiger partial charge in [-0.2, -0.15) is 0 Å². The first-order chi connectivity index (χ1) is 14.5. The molecule has 0 spiro atoms. The molecule has 4 radical (unpaired) electrons. The van der Waals surface area contributed by atoms with Gasteiger partial charge < -0.3 is 32.9 Å². The minimum atomic E-state index is -4.81. The molecule has 1 unspecified atom stereocenters. The van der Waals surface area contributed by atoms with Gasteiger partial charge in [0, 0.05) is 16.9 Å². The summed E-state index contributed by atoms with van der Waals surface area (Å²) in [6.45, 7) is 6.69. The Bertz CT molecular complexity index is 684. The van der Waals surface area contributed by atoms with Crippen LogP contribution in [0.15, 0.2) is 5.11 Å². The van der Waals surface area contributed by atoms with Crippen molar-refractivity contribution in [2.24, 2.45) is 5.11 Å². The second-order valence-corrected chi connectivity index (χ2v) is 9.58. The number of rotatable bonds is 12. The van der Waals surface area contributed by atoms with Crippen molar-refractivity contribution in [1.29, 1.82) is 0 Å². The largest absolute Gasteiger partial charge is 0.756 e. The first-order valence-electron chi connectivity index (χ1n) is 10.2. The van der Waals surface area contributed by atoms with Crippen LogP contribution in [-0.2, 0) is 32.6 Å². The Morgan fingerprint density at radius 3 is 2.58 bits per heavy atom. The molecule has 172 valence electrons. The van der Waals surface area contributed by atoms with Gasteiger partial charge in [0.15, 0.2) is 0 Å². The van der Waals surface area contributed by atoms with Crippen molar-refractivity contribution in [2.75, 3.05) is 19.8 Å². The summed E-state index contributed by atoms with van der Waals surface area (Å²) in [6.07, 6.45) is -1.93. The van der Waals surface area contributed by atoms with E-state index in [-0.39, 0.29) is 38.4 Å². The number of hydrogen-bond acceptors (Lipinski definition) is 9. The topological polar surface area (TPSA) is 144 Å². The van der Waals surface area contributed by atoms with Gasteiger partial charge in [0.2, 0.25) is 0 Å². The van der Waals surface area contributed by atoms with Crippen LogP contribution >= 0.6 is 7.82 Å².